The Balaban J connectivity index is 2.23. The van der Waals surface area contributed by atoms with Crippen LogP contribution in [-0.2, 0) is 0 Å². The van der Waals surface area contributed by atoms with Crippen molar-refractivity contribution in [3.63, 3.8) is 0 Å². The lowest BCUT2D eigenvalue weighted by atomic mass is 10.1. The molecular weight excluding hydrogens is 242 g/mol. The van der Waals surface area contributed by atoms with E-state index in [0.717, 1.165) is 5.56 Å². The molecule has 2 rings (SSSR count). The molecule has 0 heterocycles. The molecule has 0 aliphatic carbocycles. The molecule has 0 saturated heterocycles. The first-order valence-corrected chi connectivity index (χ1v) is 5.86. The number of nitrogens with one attached hydrogen (secondary N) is 1. The number of ether oxygens (including phenoxy) is 1. The zero-order valence-corrected chi connectivity index (χ0v) is 10.8. The molecule has 2 N–H and O–H groups in total. The molecule has 1 amide bonds. The number of carbonyl (C=O) groups is 1. The van der Waals surface area contributed by atoms with Crippen molar-refractivity contribution in [2.75, 3.05) is 12.4 Å². The summed E-state index contributed by atoms with van der Waals surface area (Å²) in [5.74, 6) is 0.402. The highest BCUT2D eigenvalue weighted by Crippen LogP contribution is 2.24. The summed E-state index contributed by atoms with van der Waals surface area (Å²) in [6, 6.07) is 12.0. The number of benzene rings is 2. The Kier molecular flexibility index (Phi) is 3.71. The number of hydrogen-bond acceptors (Lipinski definition) is 3. The van der Waals surface area contributed by atoms with Crippen molar-refractivity contribution in [1.29, 1.82) is 0 Å². The molecule has 2 aromatic carbocycles. The third-order valence-corrected chi connectivity index (χ3v) is 2.83. The van der Waals surface area contributed by atoms with Gasteiger partial charge in [0.15, 0.2) is 0 Å². The maximum Gasteiger partial charge on any atom is 0.255 e. The van der Waals surface area contributed by atoms with Gasteiger partial charge in [-0.25, -0.2) is 0 Å². The summed E-state index contributed by atoms with van der Waals surface area (Å²) in [6.45, 7) is 1.78. The van der Waals surface area contributed by atoms with Crippen molar-refractivity contribution in [3.05, 3.63) is 53.6 Å². The van der Waals surface area contributed by atoms with Gasteiger partial charge in [-0.15, -0.1) is 0 Å². The van der Waals surface area contributed by atoms with E-state index in [1.807, 2.05) is 12.1 Å². The van der Waals surface area contributed by atoms with Crippen molar-refractivity contribution >= 4 is 11.6 Å². The molecule has 0 spiro atoms. The Morgan fingerprint density at radius 1 is 1.21 bits per heavy atom. The fourth-order valence-corrected chi connectivity index (χ4v) is 1.69. The van der Waals surface area contributed by atoms with Crippen molar-refractivity contribution in [3.8, 4) is 11.5 Å². The van der Waals surface area contributed by atoms with Crippen LogP contribution in [0.15, 0.2) is 42.5 Å². The number of amides is 1. The van der Waals surface area contributed by atoms with Crippen LogP contribution in [-0.4, -0.2) is 18.1 Å². The second-order valence-corrected chi connectivity index (χ2v) is 4.16. The monoisotopic (exact) mass is 257 g/mol. The summed E-state index contributed by atoms with van der Waals surface area (Å²) in [5.41, 5.74) is 1.72. The van der Waals surface area contributed by atoms with Gasteiger partial charge in [0, 0.05) is 5.56 Å². The molecule has 0 atom stereocenters. The van der Waals surface area contributed by atoms with Crippen LogP contribution < -0.4 is 10.1 Å². The molecule has 2 aromatic rings. The maximum absolute atomic E-state index is 12.1. The predicted octanol–water partition coefficient (Wildman–Crippen LogP) is 2.96. The normalized spacial score (nSPS) is 10.0. The van der Waals surface area contributed by atoms with E-state index in [-0.39, 0.29) is 11.7 Å². The van der Waals surface area contributed by atoms with Gasteiger partial charge in [-0.05, 0) is 36.8 Å². The second kappa shape index (κ2) is 5.44. The van der Waals surface area contributed by atoms with Crippen LogP contribution >= 0.6 is 0 Å². The van der Waals surface area contributed by atoms with Crippen LogP contribution in [0.2, 0.25) is 0 Å². The van der Waals surface area contributed by atoms with Crippen LogP contribution in [0.4, 0.5) is 5.69 Å². The summed E-state index contributed by atoms with van der Waals surface area (Å²) in [7, 11) is 1.54. The van der Waals surface area contributed by atoms with E-state index in [1.54, 1.807) is 38.3 Å². The van der Waals surface area contributed by atoms with Crippen molar-refractivity contribution < 1.29 is 14.6 Å². The van der Waals surface area contributed by atoms with Gasteiger partial charge in [-0.3, -0.25) is 4.79 Å². The third-order valence-electron chi connectivity index (χ3n) is 2.83. The minimum Gasteiger partial charge on any atom is -0.508 e. The third kappa shape index (κ3) is 2.85. The average Bonchev–Trinajstić information content (AvgIpc) is 2.42. The minimum absolute atomic E-state index is 0.104. The van der Waals surface area contributed by atoms with Gasteiger partial charge in [-0.1, -0.05) is 18.2 Å². The molecule has 4 nitrogen and oxygen atoms in total. The first-order valence-electron chi connectivity index (χ1n) is 5.86. The first-order chi connectivity index (χ1) is 9.11. The van der Waals surface area contributed by atoms with Gasteiger partial charge in [-0.2, -0.15) is 0 Å². The lowest BCUT2D eigenvalue weighted by Gasteiger charge is -2.10. The van der Waals surface area contributed by atoms with E-state index < -0.39 is 0 Å². The summed E-state index contributed by atoms with van der Waals surface area (Å²) < 4.78 is 5.16. The first kappa shape index (κ1) is 13.0. The molecule has 0 bridgehead atoms. The van der Waals surface area contributed by atoms with E-state index in [1.165, 1.54) is 6.07 Å². The highest BCUT2D eigenvalue weighted by Gasteiger charge is 2.10. The average molecular weight is 257 g/mol. The highest BCUT2D eigenvalue weighted by molar-refractivity contribution is 6.05. The number of carbonyl (C=O) groups excluding carboxylic acids is 1. The van der Waals surface area contributed by atoms with Gasteiger partial charge in [0.1, 0.15) is 11.5 Å². The molecular formula is C15H15NO3. The standard InChI is InChI=1S/C15H15NO3/c1-10-7-8-11(9-13(10)17)15(18)16-12-5-3-4-6-14(12)19-2/h3-9,17H,1-2H3,(H,16,18). The van der Waals surface area contributed by atoms with Gasteiger partial charge in [0.25, 0.3) is 5.91 Å². The molecule has 19 heavy (non-hydrogen) atoms. The van der Waals surface area contributed by atoms with E-state index in [2.05, 4.69) is 5.32 Å². The number of hydrogen-bond donors (Lipinski definition) is 2. The number of para-hydroxylation sites is 2. The zero-order chi connectivity index (χ0) is 13.8. The lowest BCUT2D eigenvalue weighted by molar-refractivity contribution is 0.102. The number of methoxy groups -OCH3 is 1. The summed E-state index contributed by atoms with van der Waals surface area (Å²) in [5, 5.41) is 12.4. The number of anilines is 1. The van der Waals surface area contributed by atoms with E-state index in [9.17, 15) is 9.90 Å². The van der Waals surface area contributed by atoms with Crippen molar-refractivity contribution in [2.24, 2.45) is 0 Å². The smallest absolute Gasteiger partial charge is 0.255 e. The van der Waals surface area contributed by atoms with Gasteiger partial charge < -0.3 is 15.2 Å². The quantitative estimate of drug-likeness (QED) is 0.888. The number of aryl methyl sites for hydroxylation is 1. The van der Waals surface area contributed by atoms with Crippen molar-refractivity contribution in [1.82, 2.24) is 0 Å². The van der Waals surface area contributed by atoms with E-state index in [4.69, 9.17) is 4.74 Å². The van der Waals surface area contributed by atoms with E-state index in [0.29, 0.717) is 17.0 Å². The number of aromatic hydroxyl groups is 1. The molecule has 0 aliphatic heterocycles. The topological polar surface area (TPSA) is 58.6 Å². The molecule has 0 radical (unpaired) electrons. The highest BCUT2D eigenvalue weighted by atomic mass is 16.5. The largest absolute Gasteiger partial charge is 0.508 e. The SMILES string of the molecule is COc1ccccc1NC(=O)c1ccc(C)c(O)c1. The molecule has 0 fully saturated rings. The van der Waals surface area contributed by atoms with Crippen LogP contribution in [0.3, 0.4) is 0 Å². The Morgan fingerprint density at radius 3 is 2.63 bits per heavy atom. The Morgan fingerprint density at radius 2 is 1.95 bits per heavy atom. The molecule has 0 unspecified atom stereocenters. The molecule has 98 valence electrons. The Bertz CT molecular complexity index is 608. The minimum atomic E-state index is -0.292. The Hall–Kier alpha value is -2.49. The van der Waals surface area contributed by atoms with Crippen LogP contribution in [0, 0.1) is 6.92 Å². The number of phenolic OH excluding ortho intramolecular Hbond substituents is 1. The van der Waals surface area contributed by atoms with Gasteiger partial charge in [0.2, 0.25) is 0 Å². The molecule has 0 aromatic heterocycles. The lowest BCUT2D eigenvalue weighted by Crippen LogP contribution is -2.12. The fraction of sp³-hybridized carbons (Fsp3) is 0.133. The summed E-state index contributed by atoms with van der Waals surface area (Å²) in [6.07, 6.45) is 0. The summed E-state index contributed by atoms with van der Waals surface area (Å²) >= 11 is 0. The predicted molar refractivity (Wildman–Crippen MR) is 73.8 cm³/mol. The molecule has 4 heteroatoms. The van der Waals surface area contributed by atoms with Crippen LogP contribution in [0.1, 0.15) is 15.9 Å². The van der Waals surface area contributed by atoms with E-state index >= 15 is 0 Å². The number of phenols is 1. The second-order valence-electron chi connectivity index (χ2n) is 4.16. The fourth-order valence-electron chi connectivity index (χ4n) is 1.69. The molecule has 0 aliphatic rings. The van der Waals surface area contributed by atoms with Gasteiger partial charge >= 0.3 is 0 Å². The Labute approximate surface area is 111 Å². The zero-order valence-electron chi connectivity index (χ0n) is 10.8. The van der Waals surface area contributed by atoms with Crippen LogP contribution in [0.25, 0.3) is 0 Å². The summed E-state index contributed by atoms with van der Waals surface area (Å²) in [4.78, 5) is 12.1. The number of rotatable bonds is 3. The van der Waals surface area contributed by atoms with Crippen LogP contribution in [0.5, 0.6) is 11.5 Å². The van der Waals surface area contributed by atoms with Gasteiger partial charge in [0.05, 0.1) is 12.8 Å². The molecule has 0 saturated carbocycles. The maximum atomic E-state index is 12.1. The van der Waals surface area contributed by atoms with Crippen molar-refractivity contribution in [2.45, 2.75) is 6.92 Å².